The molecule has 0 aromatic heterocycles. The number of nitrogens with one attached hydrogen (secondary N) is 1. The van der Waals surface area contributed by atoms with Crippen molar-refractivity contribution in [2.75, 3.05) is 5.73 Å². The van der Waals surface area contributed by atoms with Gasteiger partial charge in [0.2, 0.25) is 0 Å². The van der Waals surface area contributed by atoms with Crippen LogP contribution in [0.3, 0.4) is 0 Å². The molecule has 5 nitrogen and oxygen atoms in total. The molecule has 3 aromatic rings. The summed E-state index contributed by atoms with van der Waals surface area (Å²) in [6.45, 7) is 0.365. The highest BCUT2D eigenvalue weighted by Gasteiger charge is 2.07. The van der Waals surface area contributed by atoms with E-state index in [0.717, 1.165) is 11.1 Å². The van der Waals surface area contributed by atoms with Crippen molar-refractivity contribution in [3.8, 4) is 5.75 Å². The number of carbonyl (C=O) groups is 1. The largest absolute Gasteiger partial charge is 0.489 e. The summed E-state index contributed by atoms with van der Waals surface area (Å²) >= 11 is 6.13. The van der Waals surface area contributed by atoms with Crippen LogP contribution in [0, 0.1) is 0 Å². The molecule has 0 spiro atoms. The minimum atomic E-state index is -0.365. The van der Waals surface area contributed by atoms with Crippen LogP contribution in [-0.4, -0.2) is 12.1 Å². The molecule has 0 aliphatic rings. The van der Waals surface area contributed by atoms with Crippen LogP contribution in [0.1, 0.15) is 21.5 Å². The van der Waals surface area contributed by atoms with E-state index in [1.54, 1.807) is 30.5 Å². The van der Waals surface area contributed by atoms with Crippen molar-refractivity contribution in [1.29, 1.82) is 0 Å². The first-order valence-corrected chi connectivity index (χ1v) is 8.65. The summed E-state index contributed by atoms with van der Waals surface area (Å²) in [6, 6.07) is 21.7. The lowest BCUT2D eigenvalue weighted by Crippen LogP contribution is -2.18. The summed E-state index contributed by atoms with van der Waals surface area (Å²) in [4.78, 5) is 12.1. The van der Waals surface area contributed by atoms with Gasteiger partial charge in [-0.3, -0.25) is 4.79 Å². The summed E-state index contributed by atoms with van der Waals surface area (Å²) < 4.78 is 5.78. The highest BCUT2D eigenvalue weighted by atomic mass is 35.5. The van der Waals surface area contributed by atoms with Crippen molar-refractivity contribution in [2.45, 2.75) is 6.61 Å². The lowest BCUT2D eigenvalue weighted by molar-refractivity contribution is 0.0956. The number of anilines is 1. The molecule has 1 amide bonds. The fourth-order valence-corrected chi connectivity index (χ4v) is 2.58. The van der Waals surface area contributed by atoms with Gasteiger partial charge in [-0.05, 0) is 35.9 Å². The molecule has 0 unspecified atom stereocenters. The molecule has 0 heterocycles. The second kappa shape index (κ2) is 8.87. The third kappa shape index (κ3) is 5.09. The Morgan fingerprint density at radius 1 is 1.07 bits per heavy atom. The molecule has 0 fully saturated rings. The molecule has 3 aromatic carbocycles. The molecular weight excluding hydrogens is 362 g/mol. The molecule has 27 heavy (non-hydrogen) atoms. The summed E-state index contributed by atoms with van der Waals surface area (Å²) in [6.07, 6.45) is 1.54. The average molecular weight is 380 g/mol. The van der Waals surface area contributed by atoms with E-state index >= 15 is 0 Å². The number of hydrogen-bond donors (Lipinski definition) is 2. The van der Waals surface area contributed by atoms with Crippen molar-refractivity contribution in [3.05, 3.63) is 94.5 Å². The van der Waals surface area contributed by atoms with Crippen molar-refractivity contribution >= 4 is 29.4 Å². The van der Waals surface area contributed by atoms with Gasteiger partial charge in [0.25, 0.3) is 5.91 Å². The molecule has 0 bridgehead atoms. The zero-order chi connectivity index (χ0) is 19.1. The van der Waals surface area contributed by atoms with Gasteiger partial charge < -0.3 is 10.5 Å². The third-order valence-electron chi connectivity index (χ3n) is 3.80. The van der Waals surface area contributed by atoms with Gasteiger partial charge in [-0.2, -0.15) is 5.10 Å². The molecule has 3 N–H and O–H groups in total. The highest BCUT2D eigenvalue weighted by molar-refractivity contribution is 6.31. The third-order valence-corrected chi connectivity index (χ3v) is 4.16. The Labute approximate surface area is 162 Å². The van der Waals surface area contributed by atoms with Crippen LogP contribution >= 0.6 is 11.6 Å². The van der Waals surface area contributed by atoms with Gasteiger partial charge in [-0.25, -0.2) is 5.43 Å². The van der Waals surface area contributed by atoms with E-state index in [-0.39, 0.29) is 5.91 Å². The summed E-state index contributed by atoms with van der Waals surface area (Å²) in [5.74, 6) is 0.313. The van der Waals surface area contributed by atoms with E-state index in [4.69, 9.17) is 22.1 Å². The lowest BCUT2D eigenvalue weighted by Gasteiger charge is -2.08. The number of carbonyl (C=O) groups excluding carboxylic acids is 1. The van der Waals surface area contributed by atoms with Crippen LogP contribution in [0.2, 0.25) is 5.02 Å². The Morgan fingerprint density at radius 3 is 2.67 bits per heavy atom. The molecule has 0 aliphatic carbocycles. The first-order chi connectivity index (χ1) is 13.1. The number of amides is 1. The zero-order valence-corrected chi connectivity index (χ0v) is 15.2. The minimum Gasteiger partial charge on any atom is -0.489 e. The number of hydrazone groups is 1. The van der Waals surface area contributed by atoms with Crippen LogP contribution in [0.25, 0.3) is 0 Å². The Morgan fingerprint density at radius 2 is 1.85 bits per heavy atom. The smallest absolute Gasteiger partial charge is 0.273 e. The van der Waals surface area contributed by atoms with Crippen LogP contribution in [0.4, 0.5) is 5.69 Å². The predicted molar refractivity (Wildman–Crippen MR) is 108 cm³/mol. The predicted octanol–water partition coefficient (Wildman–Crippen LogP) is 4.27. The summed E-state index contributed by atoms with van der Waals surface area (Å²) in [7, 11) is 0. The van der Waals surface area contributed by atoms with Gasteiger partial charge in [0.15, 0.2) is 0 Å². The quantitative estimate of drug-likeness (QED) is 0.381. The number of para-hydroxylation sites is 1. The van der Waals surface area contributed by atoms with Crippen molar-refractivity contribution in [1.82, 2.24) is 5.43 Å². The van der Waals surface area contributed by atoms with E-state index in [1.807, 2.05) is 48.5 Å². The zero-order valence-electron chi connectivity index (χ0n) is 14.4. The summed E-state index contributed by atoms with van der Waals surface area (Å²) in [5, 5.41) is 4.64. The van der Waals surface area contributed by atoms with Gasteiger partial charge in [-0.1, -0.05) is 54.1 Å². The maximum absolute atomic E-state index is 12.1. The molecule has 0 saturated carbocycles. The maximum atomic E-state index is 12.1. The van der Waals surface area contributed by atoms with Crippen molar-refractivity contribution in [2.24, 2.45) is 5.10 Å². The molecule has 3 rings (SSSR count). The topological polar surface area (TPSA) is 76.7 Å². The van der Waals surface area contributed by atoms with Gasteiger partial charge in [0.05, 0.1) is 11.8 Å². The van der Waals surface area contributed by atoms with Crippen LogP contribution < -0.4 is 15.9 Å². The van der Waals surface area contributed by atoms with Gasteiger partial charge in [0.1, 0.15) is 12.4 Å². The number of ether oxygens (including phenoxy) is 1. The standard InChI is InChI=1S/C21H18ClN3O2/c22-19-10-3-1-7-16(19)14-27-17-8-5-6-15(12-17)13-24-25-21(26)18-9-2-4-11-20(18)23/h1-13H,14,23H2,(H,25,26)/b24-13-. The number of rotatable bonds is 6. The van der Waals surface area contributed by atoms with Crippen molar-refractivity contribution in [3.63, 3.8) is 0 Å². The Balaban J connectivity index is 1.60. The molecule has 0 radical (unpaired) electrons. The van der Waals surface area contributed by atoms with Gasteiger partial charge in [-0.15, -0.1) is 0 Å². The molecular formula is C21H18ClN3O2. The van der Waals surface area contributed by atoms with Gasteiger partial charge in [0, 0.05) is 16.3 Å². The molecule has 0 aliphatic heterocycles. The number of nitrogens with zero attached hydrogens (tertiary/aromatic N) is 1. The number of halogens is 1. The maximum Gasteiger partial charge on any atom is 0.273 e. The Hall–Kier alpha value is -3.31. The van der Waals surface area contributed by atoms with Crippen molar-refractivity contribution < 1.29 is 9.53 Å². The average Bonchev–Trinajstić information content (AvgIpc) is 2.68. The number of nitrogen functional groups attached to an aromatic ring is 1. The lowest BCUT2D eigenvalue weighted by atomic mass is 10.2. The van der Waals surface area contributed by atoms with E-state index in [0.29, 0.717) is 28.6 Å². The molecule has 136 valence electrons. The first-order valence-electron chi connectivity index (χ1n) is 8.27. The number of benzene rings is 3. The van der Waals surface area contributed by atoms with Crippen LogP contribution in [-0.2, 0) is 6.61 Å². The fourth-order valence-electron chi connectivity index (χ4n) is 2.39. The molecule has 0 atom stereocenters. The van der Waals surface area contributed by atoms with E-state index in [2.05, 4.69) is 10.5 Å². The second-order valence-corrected chi connectivity index (χ2v) is 6.15. The number of hydrogen-bond acceptors (Lipinski definition) is 4. The number of nitrogens with two attached hydrogens (primary N) is 1. The highest BCUT2D eigenvalue weighted by Crippen LogP contribution is 2.19. The van der Waals surface area contributed by atoms with Gasteiger partial charge >= 0.3 is 0 Å². The van der Waals surface area contributed by atoms with Crippen LogP contribution in [0.5, 0.6) is 5.75 Å². The monoisotopic (exact) mass is 379 g/mol. The minimum absolute atomic E-state index is 0.365. The SMILES string of the molecule is Nc1ccccc1C(=O)N/N=C\c1cccc(OCc2ccccc2Cl)c1. The van der Waals surface area contributed by atoms with E-state index < -0.39 is 0 Å². The fraction of sp³-hybridized carbons (Fsp3) is 0.0476. The molecule has 6 heteroatoms. The molecule has 0 saturated heterocycles. The second-order valence-electron chi connectivity index (χ2n) is 5.74. The van der Waals surface area contributed by atoms with Crippen LogP contribution in [0.15, 0.2) is 77.9 Å². The summed E-state index contributed by atoms with van der Waals surface area (Å²) in [5.41, 5.74) is 10.7. The van der Waals surface area contributed by atoms with E-state index in [9.17, 15) is 4.79 Å². The normalized spacial score (nSPS) is 10.7. The first kappa shape index (κ1) is 18.5. The van der Waals surface area contributed by atoms with E-state index in [1.165, 1.54) is 0 Å². The Bertz CT molecular complexity index is 973. The Kier molecular flexibility index (Phi) is 6.07.